The maximum absolute atomic E-state index is 10.2. The second-order valence-corrected chi connectivity index (χ2v) is 36.4. The molecule has 0 N–H and O–H groups in total. The number of hydrogen-bond acceptors (Lipinski definition) is 12. The molecule has 1 radical (unpaired) electrons. The molecule has 0 fully saturated rings. The van der Waals surface area contributed by atoms with Crippen molar-refractivity contribution in [3.63, 3.8) is 0 Å². The van der Waals surface area contributed by atoms with Crippen molar-refractivity contribution in [3.8, 4) is 0 Å². The molecule has 0 atom stereocenters. The monoisotopic (exact) mass is 1860 g/mol. The van der Waals surface area contributed by atoms with Gasteiger partial charge >= 0.3 is 37.8 Å². The SMILES string of the molecule is CCCCCCCCCCCCCCCCCC(=O)[O-].CCCCCCCCCCCCCCCCCC(=O)[O-].CCCCCCCCCCCCCCCCCC(=O)[O-].CCCCCCCCCCCCCCCCCC(=O)[O-].CCCCCCCCCCCCCCCCCC(=O)[O-].CCCCCCCCCCCCCCCCCC(=O)[O-].[Co+2].[Mo+4]. The molecule has 0 spiro atoms. The maximum Gasteiger partial charge on any atom is 4.00 e. The van der Waals surface area contributed by atoms with Crippen LogP contribution in [0.25, 0.3) is 0 Å². The molecular weight excluding hydrogens is 1640 g/mol. The van der Waals surface area contributed by atoms with E-state index < -0.39 is 35.8 Å². The van der Waals surface area contributed by atoms with Crippen LogP contribution < -0.4 is 30.6 Å². The molecule has 14 heteroatoms. The fourth-order valence-electron chi connectivity index (χ4n) is 15.8. The van der Waals surface area contributed by atoms with E-state index in [0.717, 1.165) is 77.0 Å². The normalized spacial score (nSPS) is 10.7. The van der Waals surface area contributed by atoms with Gasteiger partial charge < -0.3 is 59.4 Å². The van der Waals surface area contributed by atoms with Crippen molar-refractivity contribution in [3.05, 3.63) is 0 Å². The third kappa shape index (κ3) is 162. The summed E-state index contributed by atoms with van der Waals surface area (Å²) in [6.07, 6.45) is 119. The van der Waals surface area contributed by atoms with Gasteiger partial charge in [0.15, 0.2) is 0 Å². The van der Waals surface area contributed by atoms with Crippen LogP contribution in [0.5, 0.6) is 0 Å². The van der Waals surface area contributed by atoms with Gasteiger partial charge in [0.2, 0.25) is 0 Å². The molecule has 729 valence electrons. The van der Waals surface area contributed by atoms with Crippen molar-refractivity contribution in [2.45, 2.75) is 658 Å². The average Bonchev–Trinajstić information content (AvgIpc) is 1.20. The summed E-state index contributed by atoms with van der Waals surface area (Å²) in [6, 6.07) is 0. The second kappa shape index (κ2) is 132. The summed E-state index contributed by atoms with van der Waals surface area (Å²) in [6.45, 7) is 13.6. The molecule has 0 rings (SSSR count). The fraction of sp³-hybridized carbons (Fsp3) is 0.944. The Balaban J connectivity index is -0.000000212. The van der Waals surface area contributed by atoms with Gasteiger partial charge in [-0.05, 0) is 77.0 Å². The Labute approximate surface area is 785 Å². The molecule has 0 saturated carbocycles. The first-order chi connectivity index (χ1) is 58.6. The number of carbonyl (C=O) groups excluding carboxylic acids is 6. The summed E-state index contributed by atoms with van der Waals surface area (Å²) < 4.78 is 0. The van der Waals surface area contributed by atoms with E-state index in [1.165, 1.54) is 501 Å². The Morgan fingerprint density at radius 3 is 0.213 bits per heavy atom. The van der Waals surface area contributed by atoms with Crippen molar-refractivity contribution in [1.29, 1.82) is 0 Å². The van der Waals surface area contributed by atoms with Gasteiger partial charge in [0.25, 0.3) is 0 Å². The van der Waals surface area contributed by atoms with Gasteiger partial charge in [-0.2, -0.15) is 0 Å². The number of carboxylic acid groups (broad SMARTS) is 6. The molecule has 0 aliphatic rings. The molecule has 0 aromatic heterocycles. The van der Waals surface area contributed by atoms with Crippen LogP contribution in [-0.4, -0.2) is 35.8 Å². The summed E-state index contributed by atoms with van der Waals surface area (Å²) in [5, 5.41) is 61.3. The summed E-state index contributed by atoms with van der Waals surface area (Å²) in [5.41, 5.74) is 0. The second-order valence-electron chi connectivity index (χ2n) is 36.4. The Kier molecular flexibility index (Phi) is 147. The van der Waals surface area contributed by atoms with E-state index in [1.807, 2.05) is 0 Å². The Bertz CT molecular complexity index is 1570. The van der Waals surface area contributed by atoms with Crippen molar-refractivity contribution < 1.29 is 97.3 Å². The number of unbranched alkanes of at least 4 members (excludes halogenated alkanes) is 84. The van der Waals surface area contributed by atoms with Crippen LogP contribution in [0.2, 0.25) is 0 Å². The van der Waals surface area contributed by atoms with Gasteiger partial charge in [-0.1, -0.05) is 581 Å². The van der Waals surface area contributed by atoms with Crippen LogP contribution in [0.3, 0.4) is 0 Å². The van der Waals surface area contributed by atoms with Gasteiger partial charge in [0.1, 0.15) is 0 Å². The molecule has 0 amide bonds. The number of rotatable bonds is 96. The summed E-state index contributed by atoms with van der Waals surface area (Å²) in [7, 11) is 0. The summed E-state index contributed by atoms with van der Waals surface area (Å²) in [4.78, 5) is 61.3. The molecule has 122 heavy (non-hydrogen) atoms. The van der Waals surface area contributed by atoms with Crippen LogP contribution in [0, 0.1) is 0 Å². The number of aliphatic carboxylic acids is 6. The van der Waals surface area contributed by atoms with Gasteiger partial charge in [-0.25, -0.2) is 0 Å². The summed E-state index contributed by atoms with van der Waals surface area (Å²) >= 11 is 0. The number of hydrogen-bond donors (Lipinski definition) is 0. The van der Waals surface area contributed by atoms with E-state index in [-0.39, 0.29) is 76.4 Å². The molecule has 0 aromatic rings. The number of carbonyl (C=O) groups is 6. The molecule has 0 unspecified atom stereocenters. The molecule has 0 aromatic carbocycles. The largest absolute Gasteiger partial charge is 4.00 e. The molecule has 12 nitrogen and oxygen atoms in total. The minimum Gasteiger partial charge on any atom is -0.550 e. The third-order valence-corrected chi connectivity index (χ3v) is 23.9. The zero-order chi connectivity index (χ0) is 89.3. The van der Waals surface area contributed by atoms with Crippen LogP contribution in [0.4, 0.5) is 0 Å². The Morgan fingerprint density at radius 1 is 0.115 bits per heavy atom. The first-order valence-electron chi connectivity index (χ1n) is 53.8. The fourth-order valence-corrected chi connectivity index (χ4v) is 15.8. The van der Waals surface area contributed by atoms with Crippen molar-refractivity contribution >= 4 is 35.8 Å². The Morgan fingerprint density at radius 2 is 0.164 bits per heavy atom. The van der Waals surface area contributed by atoms with E-state index in [9.17, 15) is 59.4 Å². The van der Waals surface area contributed by atoms with Gasteiger partial charge in [-0.3, -0.25) is 0 Å². The number of carboxylic acids is 6. The van der Waals surface area contributed by atoms with E-state index in [1.54, 1.807) is 0 Å². The summed E-state index contributed by atoms with van der Waals surface area (Å²) in [5.74, 6) is -5.42. The zero-order valence-corrected chi connectivity index (χ0v) is 85.6. The Hall–Kier alpha value is -1.99. The van der Waals surface area contributed by atoms with Gasteiger partial charge in [-0.15, -0.1) is 0 Å². The van der Waals surface area contributed by atoms with Crippen molar-refractivity contribution in [2.75, 3.05) is 0 Å². The van der Waals surface area contributed by atoms with Crippen molar-refractivity contribution in [1.82, 2.24) is 0 Å². The van der Waals surface area contributed by atoms with Gasteiger partial charge in [0, 0.05) is 35.8 Å². The van der Waals surface area contributed by atoms with E-state index in [4.69, 9.17) is 0 Å². The average molecular weight is 1860 g/mol. The standard InChI is InChI=1S/6C18H36O2.Co.Mo/c6*1-2-3-4-5-6-7-8-9-10-11-12-13-14-15-16-17-18(19)20;;/h6*2-17H2,1H3,(H,19,20);;/q;;;;;;+2;+4/p-6. The molecular formula is C108H210CoMoO12. The first kappa shape index (κ1) is 135. The molecule has 0 aliphatic carbocycles. The zero-order valence-electron chi connectivity index (χ0n) is 82.5. The van der Waals surface area contributed by atoms with Crippen LogP contribution in [0.1, 0.15) is 658 Å². The van der Waals surface area contributed by atoms with Crippen LogP contribution in [-0.2, 0) is 66.6 Å². The van der Waals surface area contributed by atoms with Crippen LogP contribution in [0.15, 0.2) is 0 Å². The minimum atomic E-state index is -0.903. The topological polar surface area (TPSA) is 241 Å². The molecule has 0 heterocycles. The van der Waals surface area contributed by atoms with Gasteiger partial charge in [0.05, 0.1) is 0 Å². The molecule has 0 bridgehead atoms. The van der Waals surface area contributed by atoms with E-state index in [0.29, 0.717) is 0 Å². The molecule has 0 saturated heterocycles. The van der Waals surface area contributed by atoms with E-state index in [2.05, 4.69) is 41.5 Å². The predicted octanol–water partition coefficient (Wildman–Crippen LogP) is 30.0. The quantitative estimate of drug-likeness (QED) is 0.0408. The maximum atomic E-state index is 10.2. The van der Waals surface area contributed by atoms with Crippen molar-refractivity contribution in [2.24, 2.45) is 0 Å². The smallest absolute Gasteiger partial charge is 0.550 e. The predicted molar refractivity (Wildman–Crippen MR) is 507 cm³/mol. The molecule has 0 aliphatic heterocycles. The third-order valence-electron chi connectivity index (χ3n) is 23.9. The van der Waals surface area contributed by atoms with Crippen LogP contribution >= 0.6 is 0 Å². The van der Waals surface area contributed by atoms with E-state index >= 15 is 0 Å². The first-order valence-corrected chi connectivity index (χ1v) is 53.8. The minimum absolute atomic E-state index is 0.